The number of hydrogen-bond donors (Lipinski definition) is 0. The minimum atomic E-state index is -4.58. The maximum absolute atomic E-state index is 12.8. The molecule has 100 valence electrons. The fraction of sp³-hybridized carbons (Fsp3) is 0.417. The zero-order chi connectivity index (χ0) is 13.6. The van der Waals surface area contributed by atoms with Crippen LogP contribution in [0.4, 0.5) is 13.2 Å². The maximum Gasteiger partial charge on any atom is 0.418 e. The lowest BCUT2D eigenvalue weighted by atomic mass is 10.1. The second-order valence-electron chi connectivity index (χ2n) is 3.45. The van der Waals surface area contributed by atoms with E-state index < -0.39 is 24.9 Å². The first-order chi connectivity index (χ1) is 8.45. The summed E-state index contributed by atoms with van der Waals surface area (Å²) < 4.78 is 47.4. The molecular formula is C12H13F3O3. The van der Waals surface area contributed by atoms with Gasteiger partial charge in [-0.15, -0.1) is 0 Å². The highest BCUT2D eigenvalue weighted by Crippen LogP contribution is 2.35. The molecule has 1 aromatic rings. The van der Waals surface area contributed by atoms with E-state index in [2.05, 4.69) is 9.47 Å². The minimum Gasteiger partial charge on any atom is -0.464 e. The lowest BCUT2D eigenvalue weighted by Gasteiger charge is -2.20. The van der Waals surface area contributed by atoms with Crippen LogP contribution >= 0.6 is 0 Å². The molecule has 0 radical (unpaired) electrons. The Labute approximate surface area is 103 Å². The predicted octanol–water partition coefficient (Wildman–Crippen LogP) is 2.87. The lowest BCUT2D eigenvalue weighted by molar-refractivity contribution is -0.225. The Kier molecular flexibility index (Phi) is 5.15. The molecule has 0 spiro atoms. The summed E-state index contributed by atoms with van der Waals surface area (Å²) in [5.74, 6) is -0.817. The van der Waals surface area contributed by atoms with Crippen LogP contribution < -0.4 is 0 Å². The Morgan fingerprint density at radius 2 is 1.89 bits per heavy atom. The van der Waals surface area contributed by atoms with Crippen molar-refractivity contribution in [2.24, 2.45) is 0 Å². The van der Waals surface area contributed by atoms with E-state index in [0.29, 0.717) is 0 Å². The van der Waals surface area contributed by atoms with Crippen LogP contribution in [0.2, 0.25) is 0 Å². The van der Waals surface area contributed by atoms with E-state index in [0.717, 1.165) is 0 Å². The van der Waals surface area contributed by atoms with Crippen molar-refractivity contribution in [2.75, 3.05) is 13.2 Å². The number of carbonyl (C=O) groups excluding carboxylic acids is 1. The molecule has 0 fully saturated rings. The molecular weight excluding hydrogens is 249 g/mol. The number of alkyl halides is 3. The van der Waals surface area contributed by atoms with Crippen LogP contribution in [0.15, 0.2) is 30.3 Å². The Morgan fingerprint density at radius 3 is 2.39 bits per heavy atom. The summed E-state index contributed by atoms with van der Waals surface area (Å²) in [6.07, 6.45) is -6.70. The van der Waals surface area contributed by atoms with Crippen LogP contribution in [0.25, 0.3) is 0 Å². The molecule has 18 heavy (non-hydrogen) atoms. The number of rotatable bonds is 5. The van der Waals surface area contributed by atoms with E-state index in [-0.39, 0.29) is 12.2 Å². The van der Waals surface area contributed by atoms with Gasteiger partial charge in [0.05, 0.1) is 6.61 Å². The van der Waals surface area contributed by atoms with Gasteiger partial charge in [-0.25, -0.2) is 4.79 Å². The third-order valence-corrected chi connectivity index (χ3v) is 2.07. The van der Waals surface area contributed by atoms with Gasteiger partial charge in [-0.2, -0.15) is 13.2 Å². The summed E-state index contributed by atoms with van der Waals surface area (Å²) in [7, 11) is 0. The van der Waals surface area contributed by atoms with E-state index in [1.54, 1.807) is 13.0 Å². The first-order valence-electron chi connectivity index (χ1n) is 5.34. The first-order valence-corrected chi connectivity index (χ1v) is 5.34. The molecule has 1 aromatic carbocycles. The van der Waals surface area contributed by atoms with Crippen LogP contribution in [0.3, 0.4) is 0 Å². The van der Waals surface area contributed by atoms with Crippen molar-refractivity contribution in [2.45, 2.75) is 19.2 Å². The van der Waals surface area contributed by atoms with Crippen LogP contribution in [-0.4, -0.2) is 25.4 Å². The van der Waals surface area contributed by atoms with Gasteiger partial charge in [0.1, 0.15) is 6.61 Å². The Bertz CT molecular complexity index is 376. The highest BCUT2D eigenvalue weighted by atomic mass is 19.4. The fourth-order valence-electron chi connectivity index (χ4n) is 1.36. The molecule has 0 heterocycles. The first kappa shape index (κ1) is 14.5. The van der Waals surface area contributed by atoms with Crippen molar-refractivity contribution in [3.8, 4) is 0 Å². The van der Waals surface area contributed by atoms with Gasteiger partial charge in [0, 0.05) is 0 Å². The SMILES string of the molecule is CCOC(=O)COC(c1ccccc1)C(F)(F)F. The van der Waals surface area contributed by atoms with E-state index >= 15 is 0 Å². The van der Waals surface area contributed by atoms with Crippen molar-refractivity contribution in [1.29, 1.82) is 0 Å². The molecule has 0 aliphatic heterocycles. The van der Waals surface area contributed by atoms with Crippen LogP contribution in [0, 0.1) is 0 Å². The fourth-order valence-corrected chi connectivity index (χ4v) is 1.36. The molecule has 6 heteroatoms. The molecule has 0 aliphatic rings. The van der Waals surface area contributed by atoms with Gasteiger partial charge < -0.3 is 9.47 Å². The Balaban J connectivity index is 2.73. The zero-order valence-electron chi connectivity index (χ0n) is 9.74. The van der Waals surface area contributed by atoms with Crippen molar-refractivity contribution < 1.29 is 27.4 Å². The van der Waals surface area contributed by atoms with Crippen molar-refractivity contribution in [3.63, 3.8) is 0 Å². The Hall–Kier alpha value is -1.56. The van der Waals surface area contributed by atoms with Crippen molar-refractivity contribution >= 4 is 5.97 Å². The monoisotopic (exact) mass is 262 g/mol. The average Bonchev–Trinajstić information content (AvgIpc) is 2.29. The molecule has 0 saturated carbocycles. The van der Waals surface area contributed by atoms with Gasteiger partial charge in [0.25, 0.3) is 0 Å². The van der Waals surface area contributed by atoms with Gasteiger partial charge in [0.15, 0.2) is 6.10 Å². The molecule has 1 atom stereocenters. The molecule has 0 aliphatic carbocycles. The van der Waals surface area contributed by atoms with Crippen molar-refractivity contribution in [3.05, 3.63) is 35.9 Å². The third kappa shape index (κ3) is 4.37. The highest BCUT2D eigenvalue weighted by molar-refractivity contribution is 5.70. The van der Waals surface area contributed by atoms with E-state index in [1.807, 2.05) is 0 Å². The van der Waals surface area contributed by atoms with Gasteiger partial charge in [0.2, 0.25) is 0 Å². The summed E-state index contributed by atoms with van der Waals surface area (Å²) in [4.78, 5) is 11.0. The highest BCUT2D eigenvalue weighted by Gasteiger charge is 2.42. The topological polar surface area (TPSA) is 35.5 Å². The number of benzene rings is 1. The molecule has 0 N–H and O–H groups in total. The van der Waals surface area contributed by atoms with Crippen LogP contribution in [0.1, 0.15) is 18.6 Å². The lowest BCUT2D eigenvalue weighted by Crippen LogP contribution is -2.26. The van der Waals surface area contributed by atoms with E-state index in [4.69, 9.17) is 0 Å². The summed E-state index contributed by atoms with van der Waals surface area (Å²) in [6.45, 7) is 0.938. The van der Waals surface area contributed by atoms with Crippen LogP contribution in [0.5, 0.6) is 0 Å². The molecule has 0 amide bonds. The summed E-state index contributed by atoms with van der Waals surface area (Å²) >= 11 is 0. The number of ether oxygens (including phenoxy) is 2. The second-order valence-corrected chi connectivity index (χ2v) is 3.45. The largest absolute Gasteiger partial charge is 0.464 e. The van der Waals surface area contributed by atoms with Gasteiger partial charge in [-0.05, 0) is 12.5 Å². The Morgan fingerprint density at radius 1 is 1.28 bits per heavy atom. The molecule has 1 rings (SSSR count). The minimum absolute atomic E-state index is 0.0469. The van der Waals surface area contributed by atoms with Crippen LogP contribution in [-0.2, 0) is 14.3 Å². The quantitative estimate of drug-likeness (QED) is 0.765. The zero-order valence-corrected chi connectivity index (χ0v) is 9.74. The normalized spacial score (nSPS) is 13.1. The molecule has 0 saturated heterocycles. The summed E-state index contributed by atoms with van der Waals surface area (Å²) in [5.41, 5.74) is -0.0469. The van der Waals surface area contributed by atoms with Gasteiger partial charge in [-0.3, -0.25) is 0 Å². The molecule has 0 bridgehead atoms. The molecule has 3 nitrogen and oxygen atoms in total. The average molecular weight is 262 g/mol. The summed E-state index contributed by atoms with van der Waals surface area (Å²) in [6, 6.07) is 7.14. The second kappa shape index (κ2) is 6.39. The predicted molar refractivity (Wildman–Crippen MR) is 57.8 cm³/mol. The number of esters is 1. The molecule has 1 unspecified atom stereocenters. The third-order valence-electron chi connectivity index (χ3n) is 2.07. The van der Waals surface area contributed by atoms with E-state index in [9.17, 15) is 18.0 Å². The van der Waals surface area contributed by atoms with Gasteiger partial charge >= 0.3 is 12.1 Å². The number of carbonyl (C=O) groups is 1. The summed E-state index contributed by atoms with van der Waals surface area (Å²) in [5, 5.41) is 0. The maximum atomic E-state index is 12.8. The van der Waals surface area contributed by atoms with Gasteiger partial charge in [-0.1, -0.05) is 30.3 Å². The number of hydrogen-bond acceptors (Lipinski definition) is 3. The standard InChI is InChI=1S/C12H13F3O3/c1-2-17-10(16)8-18-11(12(13,14)15)9-6-4-3-5-7-9/h3-7,11H,2,8H2,1H3. The smallest absolute Gasteiger partial charge is 0.418 e. The molecule has 0 aromatic heterocycles. The number of halogens is 3. The van der Waals surface area contributed by atoms with Crippen molar-refractivity contribution in [1.82, 2.24) is 0 Å². The van der Waals surface area contributed by atoms with E-state index in [1.165, 1.54) is 24.3 Å².